The molecule has 2 rings (SSSR count). The van der Waals surface area contributed by atoms with Gasteiger partial charge < -0.3 is 4.98 Å². The van der Waals surface area contributed by atoms with Crippen LogP contribution in [0.2, 0.25) is 0 Å². The number of aromatic amines is 1. The van der Waals surface area contributed by atoms with Gasteiger partial charge in [0.2, 0.25) is 0 Å². The lowest BCUT2D eigenvalue weighted by molar-refractivity contribution is 0.476. The van der Waals surface area contributed by atoms with Crippen molar-refractivity contribution in [3.63, 3.8) is 0 Å². The molecule has 1 heterocycles. The van der Waals surface area contributed by atoms with E-state index in [4.69, 9.17) is 0 Å². The highest BCUT2D eigenvalue weighted by Gasteiger charge is 2.21. The third kappa shape index (κ3) is 4.00. The summed E-state index contributed by atoms with van der Waals surface area (Å²) in [6.07, 6.45) is 2.25. The Balaban J connectivity index is 2.08. The monoisotopic (exact) mass is 283 g/mol. The van der Waals surface area contributed by atoms with Crippen molar-refractivity contribution in [3.8, 4) is 0 Å². The van der Waals surface area contributed by atoms with Crippen molar-refractivity contribution in [2.75, 3.05) is 0 Å². The van der Waals surface area contributed by atoms with Crippen LogP contribution in [0.5, 0.6) is 0 Å². The SMILES string of the molecule is Cc1ccc(CCC(C)(C)c2ccc(C(C)(C)C)cc2)[nH]1. The Morgan fingerprint density at radius 2 is 1.38 bits per heavy atom. The van der Waals surface area contributed by atoms with E-state index in [9.17, 15) is 0 Å². The van der Waals surface area contributed by atoms with E-state index < -0.39 is 0 Å². The van der Waals surface area contributed by atoms with Crippen LogP contribution in [-0.4, -0.2) is 4.98 Å². The fraction of sp³-hybridized carbons (Fsp3) is 0.500. The van der Waals surface area contributed by atoms with Gasteiger partial charge in [-0.05, 0) is 53.9 Å². The van der Waals surface area contributed by atoms with Crippen LogP contribution >= 0.6 is 0 Å². The third-order valence-corrected chi connectivity index (χ3v) is 4.44. The summed E-state index contributed by atoms with van der Waals surface area (Å²) >= 11 is 0. The zero-order chi connectivity index (χ0) is 15.7. The molecule has 0 aliphatic carbocycles. The minimum Gasteiger partial charge on any atom is -0.363 e. The van der Waals surface area contributed by atoms with E-state index in [0.717, 1.165) is 12.8 Å². The zero-order valence-electron chi connectivity index (χ0n) is 14.4. The highest BCUT2D eigenvalue weighted by molar-refractivity contribution is 5.31. The van der Waals surface area contributed by atoms with Crippen LogP contribution in [0.1, 0.15) is 63.6 Å². The molecule has 0 bridgehead atoms. The van der Waals surface area contributed by atoms with Gasteiger partial charge in [-0.25, -0.2) is 0 Å². The number of nitrogens with one attached hydrogen (secondary N) is 1. The number of hydrogen-bond donors (Lipinski definition) is 1. The molecule has 0 saturated carbocycles. The molecule has 21 heavy (non-hydrogen) atoms. The normalized spacial score (nSPS) is 12.7. The van der Waals surface area contributed by atoms with Crippen molar-refractivity contribution >= 4 is 0 Å². The minimum atomic E-state index is 0.204. The van der Waals surface area contributed by atoms with E-state index in [2.05, 4.69) is 82.9 Å². The molecule has 2 aromatic rings. The summed E-state index contributed by atoms with van der Waals surface area (Å²) in [5.74, 6) is 0. The van der Waals surface area contributed by atoms with Crippen molar-refractivity contribution in [1.29, 1.82) is 0 Å². The topological polar surface area (TPSA) is 15.8 Å². The maximum atomic E-state index is 3.43. The fourth-order valence-electron chi connectivity index (χ4n) is 2.72. The second-order valence-electron chi connectivity index (χ2n) is 7.88. The van der Waals surface area contributed by atoms with Gasteiger partial charge in [0.25, 0.3) is 0 Å². The molecule has 0 aliphatic rings. The van der Waals surface area contributed by atoms with Crippen LogP contribution in [0, 0.1) is 6.92 Å². The fourth-order valence-corrected chi connectivity index (χ4v) is 2.72. The van der Waals surface area contributed by atoms with Crippen LogP contribution in [-0.2, 0) is 17.3 Å². The summed E-state index contributed by atoms with van der Waals surface area (Å²) in [7, 11) is 0. The average molecular weight is 283 g/mol. The maximum Gasteiger partial charge on any atom is 0.0149 e. The lowest BCUT2D eigenvalue weighted by Gasteiger charge is -2.27. The Morgan fingerprint density at radius 1 is 0.810 bits per heavy atom. The van der Waals surface area contributed by atoms with Crippen molar-refractivity contribution in [3.05, 3.63) is 58.9 Å². The standard InChI is InChI=1S/C20H29N/c1-15-7-12-18(21-15)13-14-20(5,6)17-10-8-16(9-11-17)19(2,3)4/h7-12,21H,13-14H2,1-6H3. The van der Waals surface area contributed by atoms with E-state index in [0.29, 0.717) is 0 Å². The molecule has 1 N–H and O–H groups in total. The van der Waals surface area contributed by atoms with Crippen LogP contribution in [0.4, 0.5) is 0 Å². The third-order valence-electron chi connectivity index (χ3n) is 4.44. The molecule has 0 amide bonds. The first kappa shape index (κ1) is 15.9. The second kappa shape index (κ2) is 5.71. The van der Waals surface area contributed by atoms with Gasteiger partial charge in [0, 0.05) is 11.4 Å². The molecular weight excluding hydrogens is 254 g/mol. The van der Waals surface area contributed by atoms with Crippen LogP contribution in [0.15, 0.2) is 36.4 Å². The van der Waals surface area contributed by atoms with E-state index in [1.807, 2.05) is 0 Å². The summed E-state index contributed by atoms with van der Waals surface area (Å²) in [5, 5.41) is 0. The molecule has 0 saturated heterocycles. The van der Waals surface area contributed by atoms with E-state index in [1.165, 1.54) is 22.5 Å². The zero-order valence-corrected chi connectivity index (χ0v) is 14.4. The molecule has 0 fully saturated rings. The first-order valence-electron chi connectivity index (χ1n) is 7.94. The Bertz CT molecular complexity index is 579. The number of H-pyrrole nitrogens is 1. The first-order valence-corrected chi connectivity index (χ1v) is 7.94. The molecule has 1 aromatic heterocycles. The van der Waals surface area contributed by atoms with Gasteiger partial charge in [0.15, 0.2) is 0 Å². The molecule has 0 radical (unpaired) electrons. The van der Waals surface area contributed by atoms with Gasteiger partial charge in [-0.1, -0.05) is 58.9 Å². The molecule has 0 unspecified atom stereocenters. The largest absolute Gasteiger partial charge is 0.363 e. The molecule has 0 aliphatic heterocycles. The lowest BCUT2D eigenvalue weighted by atomic mass is 9.78. The van der Waals surface area contributed by atoms with Crippen molar-refractivity contribution in [1.82, 2.24) is 4.98 Å². The number of aryl methyl sites for hydroxylation is 2. The van der Waals surface area contributed by atoms with Crippen molar-refractivity contribution < 1.29 is 0 Å². The molecular formula is C20H29N. The number of hydrogen-bond acceptors (Lipinski definition) is 0. The van der Waals surface area contributed by atoms with Crippen molar-refractivity contribution in [2.24, 2.45) is 0 Å². The number of benzene rings is 1. The highest BCUT2D eigenvalue weighted by Crippen LogP contribution is 2.31. The molecule has 1 nitrogen and oxygen atoms in total. The molecule has 0 atom stereocenters. The van der Waals surface area contributed by atoms with E-state index >= 15 is 0 Å². The molecule has 1 aromatic carbocycles. The van der Waals surface area contributed by atoms with Gasteiger partial charge in [-0.2, -0.15) is 0 Å². The lowest BCUT2D eigenvalue weighted by Crippen LogP contribution is -2.19. The van der Waals surface area contributed by atoms with Gasteiger partial charge in [-0.15, -0.1) is 0 Å². The summed E-state index contributed by atoms with van der Waals surface area (Å²) in [6, 6.07) is 13.5. The number of aromatic nitrogens is 1. The molecule has 114 valence electrons. The number of rotatable bonds is 4. The second-order valence-corrected chi connectivity index (χ2v) is 7.88. The summed E-state index contributed by atoms with van der Waals surface area (Å²) < 4.78 is 0. The first-order chi connectivity index (χ1) is 9.68. The summed E-state index contributed by atoms with van der Waals surface area (Å²) in [6.45, 7) is 13.6. The molecule has 0 spiro atoms. The molecule has 1 heteroatoms. The van der Waals surface area contributed by atoms with Crippen LogP contribution in [0.25, 0.3) is 0 Å². The quantitative estimate of drug-likeness (QED) is 0.759. The van der Waals surface area contributed by atoms with E-state index in [1.54, 1.807) is 0 Å². The van der Waals surface area contributed by atoms with Gasteiger partial charge in [-0.3, -0.25) is 0 Å². The Kier molecular flexibility index (Phi) is 4.32. The van der Waals surface area contributed by atoms with Crippen LogP contribution < -0.4 is 0 Å². The van der Waals surface area contributed by atoms with E-state index in [-0.39, 0.29) is 10.8 Å². The predicted octanol–water partition coefficient (Wildman–Crippen LogP) is 5.53. The Morgan fingerprint density at radius 3 is 1.86 bits per heavy atom. The smallest absolute Gasteiger partial charge is 0.0149 e. The Labute approximate surface area is 129 Å². The van der Waals surface area contributed by atoms with Gasteiger partial charge >= 0.3 is 0 Å². The summed E-state index contributed by atoms with van der Waals surface area (Å²) in [4.78, 5) is 3.43. The highest BCUT2D eigenvalue weighted by atomic mass is 14.7. The summed E-state index contributed by atoms with van der Waals surface area (Å²) in [5.41, 5.74) is 5.85. The average Bonchev–Trinajstić information content (AvgIpc) is 2.82. The van der Waals surface area contributed by atoms with Gasteiger partial charge in [0.1, 0.15) is 0 Å². The maximum absolute atomic E-state index is 3.43. The van der Waals surface area contributed by atoms with Gasteiger partial charge in [0.05, 0.1) is 0 Å². The van der Waals surface area contributed by atoms with Crippen molar-refractivity contribution in [2.45, 2.75) is 65.2 Å². The Hall–Kier alpha value is -1.50. The minimum absolute atomic E-state index is 0.204. The predicted molar refractivity (Wildman–Crippen MR) is 92.0 cm³/mol. The van der Waals surface area contributed by atoms with Crippen LogP contribution in [0.3, 0.4) is 0 Å².